The molecule has 1 heterocycles. The molecule has 0 saturated carbocycles. The zero-order chi connectivity index (χ0) is 18.8. The van der Waals surface area contributed by atoms with Crippen LogP contribution in [0.4, 0.5) is 14.5 Å². The van der Waals surface area contributed by atoms with Crippen LogP contribution in [0.2, 0.25) is 5.02 Å². The van der Waals surface area contributed by atoms with E-state index in [0.29, 0.717) is 0 Å². The highest BCUT2D eigenvalue weighted by molar-refractivity contribution is 7.71. The molecule has 0 spiro atoms. The Balaban J connectivity index is 2.14. The molecule has 2 aromatic carbocycles. The lowest BCUT2D eigenvalue weighted by Gasteiger charge is -2.11. The Hall–Kier alpha value is -2.84. The van der Waals surface area contributed by atoms with Crippen LogP contribution in [0.3, 0.4) is 0 Å². The lowest BCUT2D eigenvalue weighted by molar-refractivity contribution is 0.432. The van der Waals surface area contributed by atoms with Crippen LogP contribution in [-0.2, 0) is 0 Å². The van der Waals surface area contributed by atoms with Gasteiger partial charge in [-0.05, 0) is 48.6 Å². The zero-order valence-electron chi connectivity index (χ0n) is 12.9. The molecule has 0 fully saturated rings. The molecule has 0 amide bonds. The Labute approximate surface area is 155 Å². The van der Waals surface area contributed by atoms with E-state index >= 15 is 0 Å². The average molecular weight is 394 g/mol. The molecule has 1 aromatic heterocycles. The van der Waals surface area contributed by atoms with Crippen molar-refractivity contribution in [3.8, 4) is 11.6 Å². The molecule has 9 heteroatoms. The van der Waals surface area contributed by atoms with Crippen LogP contribution in [0.5, 0.6) is 5.88 Å². The highest BCUT2D eigenvalue weighted by Crippen LogP contribution is 2.23. The summed E-state index contributed by atoms with van der Waals surface area (Å²) in [5, 5.41) is 10.3. The van der Waals surface area contributed by atoms with Crippen LogP contribution in [-0.4, -0.2) is 20.9 Å². The number of rotatable bonds is 3. The number of aliphatic imine (C=N–C) groups is 1. The maximum Gasteiger partial charge on any atom is 0.264 e. The van der Waals surface area contributed by atoms with Crippen LogP contribution in [0, 0.1) is 16.4 Å². The molecule has 3 rings (SSSR count). The fraction of sp³-hybridized carbons (Fsp3) is 0. The standard InChI is InChI=1S/C17H10ClF2N3O2S/c18-13-7-11(4-5-14(13)20)23-16(25)12(15(24)22-17(23)26)8-21-10-3-1-2-9(19)6-10/h1-8,25H,(H,22,24,26). The number of nitrogens with one attached hydrogen (secondary N) is 1. The first-order valence-corrected chi connectivity index (χ1v) is 7.99. The fourth-order valence-corrected chi connectivity index (χ4v) is 2.67. The minimum atomic E-state index is -0.683. The van der Waals surface area contributed by atoms with Gasteiger partial charge in [0.05, 0.1) is 16.4 Å². The summed E-state index contributed by atoms with van der Waals surface area (Å²) >= 11 is 10.8. The highest BCUT2D eigenvalue weighted by atomic mass is 35.5. The van der Waals surface area contributed by atoms with Crippen molar-refractivity contribution in [3.05, 3.63) is 79.8 Å². The summed E-state index contributed by atoms with van der Waals surface area (Å²) in [4.78, 5) is 18.5. The predicted octanol–water partition coefficient (Wildman–Crippen LogP) is 4.28. The highest BCUT2D eigenvalue weighted by Gasteiger charge is 2.13. The molecule has 0 unspecified atom stereocenters. The molecular formula is C17H10ClF2N3O2S. The zero-order valence-corrected chi connectivity index (χ0v) is 14.5. The van der Waals surface area contributed by atoms with Crippen molar-refractivity contribution in [2.75, 3.05) is 0 Å². The van der Waals surface area contributed by atoms with Gasteiger partial charge >= 0.3 is 0 Å². The molecule has 5 nitrogen and oxygen atoms in total. The van der Waals surface area contributed by atoms with Crippen molar-refractivity contribution in [1.29, 1.82) is 0 Å². The van der Waals surface area contributed by atoms with Crippen molar-refractivity contribution in [3.63, 3.8) is 0 Å². The van der Waals surface area contributed by atoms with E-state index in [1.54, 1.807) is 0 Å². The first-order valence-electron chi connectivity index (χ1n) is 7.20. The topological polar surface area (TPSA) is 70.4 Å². The van der Waals surface area contributed by atoms with E-state index in [4.69, 9.17) is 23.8 Å². The summed E-state index contributed by atoms with van der Waals surface area (Å²) in [7, 11) is 0. The van der Waals surface area contributed by atoms with E-state index < -0.39 is 23.1 Å². The van der Waals surface area contributed by atoms with Gasteiger partial charge in [0.15, 0.2) is 4.77 Å². The van der Waals surface area contributed by atoms with Gasteiger partial charge in [-0.15, -0.1) is 0 Å². The monoisotopic (exact) mass is 393 g/mol. The third kappa shape index (κ3) is 3.56. The van der Waals surface area contributed by atoms with Gasteiger partial charge in [-0.25, -0.2) is 8.78 Å². The molecule has 0 aliphatic heterocycles. The molecule has 26 heavy (non-hydrogen) atoms. The van der Waals surface area contributed by atoms with Gasteiger partial charge in [0.2, 0.25) is 5.88 Å². The van der Waals surface area contributed by atoms with Gasteiger partial charge in [-0.1, -0.05) is 17.7 Å². The number of aromatic nitrogens is 2. The number of nitrogens with zero attached hydrogens (tertiary/aromatic N) is 2. The van der Waals surface area contributed by atoms with Crippen molar-refractivity contribution in [1.82, 2.24) is 9.55 Å². The van der Waals surface area contributed by atoms with Crippen molar-refractivity contribution in [2.45, 2.75) is 0 Å². The number of aromatic hydroxyl groups is 1. The number of benzene rings is 2. The summed E-state index contributed by atoms with van der Waals surface area (Å²) in [6, 6.07) is 9.09. The SMILES string of the molecule is O=c1[nH]c(=S)n(-c2ccc(F)c(Cl)c2)c(O)c1C=Nc1cccc(F)c1. The van der Waals surface area contributed by atoms with Crippen LogP contribution < -0.4 is 5.56 Å². The van der Waals surface area contributed by atoms with Gasteiger partial charge in [0.25, 0.3) is 5.56 Å². The first kappa shape index (κ1) is 18.0. The van der Waals surface area contributed by atoms with Crippen molar-refractivity contribution >= 4 is 35.7 Å². The minimum Gasteiger partial charge on any atom is -0.494 e. The largest absolute Gasteiger partial charge is 0.494 e. The summed E-state index contributed by atoms with van der Waals surface area (Å²) < 4.78 is 27.6. The van der Waals surface area contributed by atoms with Crippen molar-refractivity contribution in [2.24, 2.45) is 4.99 Å². The van der Waals surface area contributed by atoms with Gasteiger partial charge in [0, 0.05) is 6.21 Å². The second kappa shape index (κ2) is 7.19. The van der Waals surface area contributed by atoms with Crippen molar-refractivity contribution < 1.29 is 13.9 Å². The second-order valence-electron chi connectivity index (χ2n) is 5.17. The third-order valence-electron chi connectivity index (χ3n) is 3.43. The number of halogens is 3. The second-order valence-corrected chi connectivity index (χ2v) is 5.96. The number of aromatic amines is 1. The van der Waals surface area contributed by atoms with E-state index in [2.05, 4.69) is 9.98 Å². The third-order valence-corrected chi connectivity index (χ3v) is 4.01. The molecule has 0 radical (unpaired) electrons. The Kier molecular flexibility index (Phi) is 4.97. The molecular weight excluding hydrogens is 384 g/mol. The van der Waals surface area contributed by atoms with Crippen LogP contribution in [0.1, 0.15) is 5.56 Å². The van der Waals surface area contributed by atoms with E-state index in [9.17, 15) is 18.7 Å². The van der Waals surface area contributed by atoms with E-state index in [-0.39, 0.29) is 26.7 Å². The summed E-state index contributed by atoms with van der Waals surface area (Å²) in [6.45, 7) is 0. The first-order chi connectivity index (χ1) is 12.4. The normalized spacial score (nSPS) is 11.2. The van der Waals surface area contributed by atoms with E-state index in [1.165, 1.54) is 30.3 Å². The van der Waals surface area contributed by atoms with Gasteiger partial charge in [-0.3, -0.25) is 19.3 Å². The predicted molar refractivity (Wildman–Crippen MR) is 97.5 cm³/mol. The average Bonchev–Trinajstić information content (AvgIpc) is 2.57. The Morgan fingerprint density at radius 1 is 1.23 bits per heavy atom. The maximum absolute atomic E-state index is 13.4. The smallest absolute Gasteiger partial charge is 0.264 e. The number of H-pyrrole nitrogens is 1. The van der Waals surface area contributed by atoms with E-state index in [1.807, 2.05) is 0 Å². The Bertz CT molecular complexity index is 1140. The lowest BCUT2D eigenvalue weighted by Crippen LogP contribution is -2.18. The fourth-order valence-electron chi connectivity index (χ4n) is 2.21. The van der Waals surface area contributed by atoms with Crippen LogP contribution in [0.15, 0.2) is 52.3 Å². The molecule has 2 N–H and O–H groups in total. The molecule has 0 saturated heterocycles. The molecule has 132 valence electrons. The molecule has 0 atom stereocenters. The number of hydrogen-bond acceptors (Lipinski definition) is 4. The maximum atomic E-state index is 13.4. The van der Waals surface area contributed by atoms with E-state index in [0.717, 1.165) is 22.9 Å². The van der Waals surface area contributed by atoms with Gasteiger partial charge in [-0.2, -0.15) is 0 Å². The lowest BCUT2D eigenvalue weighted by atomic mass is 10.2. The van der Waals surface area contributed by atoms with Gasteiger partial charge in [0.1, 0.15) is 17.2 Å². The summed E-state index contributed by atoms with van der Waals surface area (Å²) in [5.41, 5.74) is -0.390. The summed E-state index contributed by atoms with van der Waals surface area (Å²) in [6.07, 6.45) is 1.08. The molecule has 0 aliphatic carbocycles. The van der Waals surface area contributed by atoms with Gasteiger partial charge < -0.3 is 5.11 Å². The Morgan fingerprint density at radius 3 is 2.69 bits per heavy atom. The Morgan fingerprint density at radius 2 is 2.00 bits per heavy atom. The summed E-state index contributed by atoms with van der Waals surface area (Å²) in [5.74, 6) is -1.64. The molecule has 0 bridgehead atoms. The van der Waals surface area contributed by atoms with Crippen LogP contribution in [0.25, 0.3) is 5.69 Å². The molecule has 3 aromatic rings. The minimum absolute atomic E-state index is 0.113. The quantitative estimate of drug-likeness (QED) is 0.515. The molecule has 0 aliphatic rings. The number of hydrogen-bond donors (Lipinski definition) is 2. The van der Waals surface area contributed by atoms with Crippen LogP contribution >= 0.6 is 23.8 Å².